The molecule has 0 spiro atoms. The van der Waals surface area contributed by atoms with Crippen LogP contribution in [0, 0.1) is 0 Å². The van der Waals surface area contributed by atoms with Crippen LogP contribution in [0.4, 0.5) is 0 Å². The first-order valence-electron chi connectivity index (χ1n) is 12.6. The van der Waals surface area contributed by atoms with Crippen LogP contribution in [-0.2, 0) is 4.79 Å². The summed E-state index contributed by atoms with van der Waals surface area (Å²) in [6, 6.07) is 12.7. The Labute approximate surface area is 200 Å². The number of benzene rings is 2. The predicted molar refractivity (Wildman–Crippen MR) is 127 cm³/mol. The van der Waals surface area contributed by atoms with Crippen LogP contribution in [0.5, 0.6) is 23.0 Å². The summed E-state index contributed by atoms with van der Waals surface area (Å²) in [5.41, 5.74) is 2.34. The molecule has 6 rings (SSSR count). The van der Waals surface area contributed by atoms with Crippen molar-refractivity contribution in [1.29, 1.82) is 0 Å². The van der Waals surface area contributed by atoms with Gasteiger partial charge in [-0.25, -0.2) is 0 Å². The smallest absolute Gasteiger partial charge is 0.237 e. The number of hydrogen-bond acceptors (Lipinski definition) is 6. The summed E-state index contributed by atoms with van der Waals surface area (Å²) in [4.78, 5) is 17.9. The van der Waals surface area contributed by atoms with Crippen LogP contribution in [-0.4, -0.2) is 61.8 Å². The summed E-state index contributed by atoms with van der Waals surface area (Å²) in [6.07, 6.45) is 5.04. The molecule has 1 amide bonds. The molecule has 4 aliphatic rings. The number of ether oxygens (including phenoxy) is 4. The quantitative estimate of drug-likeness (QED) is 0.679. The van der Waals surface area contributed by atoms with Crippen molar-refractivity contribution >= 4 is 5.91 Å². The number of carbonyl (C=O) groups is 1. The lowest BCUT2D eigenvalue weighted by Crippen LogP contribution is -2.39. The topological polar surface area (TPSA) is 60.5 Å². The van der Waals surface area contributed by atoms with Gasteiger partial charge in [-0.2, -0.15) is 0 Å². The van der Waals surface area contributed by atoms with Crippen molar-refractivity contribution < 1.29 is 23.7 Å². The Balaban J connectivity index is 1.17. The molecule has 180 valence electrons. The Kier molecular flexibility index (Phi) is 5.95. The van der Waals surface area contributed by atoms with Gasteiger partial charge in [0.1, 0.15) is 13.2 Å². The predicted octanol–water partition coefficient (Wildman–Crippen LogP) is 4.12. The van der Waals surface area contributed by atoms with Gasteiger partial charge in [-0.05, 0) is 67.6 Å². The van der Waals surface area contributed by atoms with Crippen molar-refractivity contribution in [3.05, 3.63) is 47.5 Å². The zero-order valence-electron chi connectivity index (χ0n) is 19.5. The van der Waals surface area contributed by atoms with Gasteiger partial charge >= 0.3 is 0 Å². The van der Waals surface area contributed by atoms with E-state index in [1.54, 1.807) is 0 Å². The van der Waals surface area contributed by atoms with Gasteiger partial charge in [-0.15, -0.1) is 0 Å². The van der Waals surface area contributed by atoms with Gasteiger partial charge in [0.25, 0.3) is 0 Å². The third-order valence-electron chi connectivity index (χ3n) is 7.38. The van der Waals surface area contributed by atoms with Gasteiger partial charge < -0.3 is 23.8 Å². The first-order valence-corrected chi connectivity index (χ1v) is 12.6. The maximum absolute atomic E-state index is 13.5. The van der Waals surface area contributed by atoms with Crippen LogP contribution in [0.1, 0.15) is 55.3 Å². The lowest BCUT2D eigenvalue weighted by molar-refractivity contribution is -0.133. The number of nitrogens with zero attached hydrogens (tertiary/aromatic N) is 2. The summed E-state index contributed by atoms with van der Waals surface area (Å²) in [5.74, 6) is 3.43. The molecular formula is C27H32N2O5. The van der Waals surface area contributed by atoms with E-state index in [1.165, 1.54) is 5.56 Å². The zero-order valence-corrected chi connectivity index (χ0v) is 19.5. The van der Waals surface area contributed by atoms with Crippen molar-refractivity contribution in [2.75, 3.05) is 46.1 Å². The minimum atomic E-state index is 0.0972. The average Bonchev–Trinajstić information content (AvgIpc) is 3.48. The lowest BCUT2D eigenvalue weighted by atomic mass is 10.0. The monoisotopic (exact) mass is 464 g/mol. The highest BCUT2D eigenvalue weighted by atomic mass is 16.6. The largest absolute Gasteiger partial charge is 0.490 e. The molecule has 0 aromatic heterocycles. The molecule has 7 nitrogen and oxygen atoms in total. The molecule has 4 aliphatic heterocycles. The minimum absolute atomic E-state index is 0.0972. The molecule has 0 bridgehead atoms. The highest BCUT2D eigenvalue weighted by molar-refractivity contribution is 5.79. The third kappa shape index (κ3) is 4.17. The summed E-state index contributed by atoms with van der Waals surface area (Å²) >= 11 is 0. The second-order valence-corrected chi connectivity index (χ2v) is 9.53. The maximum atomic E-state index is 13.5. The van der Waals surface area contributed by atoms with E-state index in [0.29, 0.717) is 33.0 Å². The Morgan fingerprint density at radius 1 is 0.706 bits per heavy atom. The fourth-order valence-electron chi connectivity index (χ4n) is 5.72. The molecule has 0 radical (unpaired) electrons. The number of hydrogen-bond donors (Lipinski definition) is 0. The van der Waals surface area contributed by atoms with Crippen LogP contribution in [0.3, 0.4) is 0 Å². The van der Waals surface area contributed by atoms with Gasteiger partial charge in [0.2, 0.25) is 5.91 Å². The molecule has 2 atom stereocenters. The summed E-state index contributed by atoms with van der Waals surface area (Å²) < 4.78 is 23.2. The fourth-order valence-corrected chi connectivity index (χ4v) is 5.72. The molecular weight excluding hydrogens is 432 g/mol. The highest BCUT2D eigenvalue weighted by Crippen LogP contribution is 2.40. The average molecular weight is 465 g/mol. The molecule has 2 fully saturated rings. The Hall–Kier alpha value is -2.93. The molecule has 2 aromatic rings. The number of carbonyl (C=O) groups excluding carboxylic acids is 1. The molecule has 2 saturated heterocycles. The molecule has 4 heterocycles. The third-order valence-corrected chi connectivity index (χ3v) is 7.38. The van der Waals surface area contributed by atoms with Gasteiger partial charge in [0.05, 0.1) is 25.8 Å². The number of fused-ring (bicyclic) bond motifs is 2. The second kappa shape index (κ2) is 9.37. The maximum Gasteiger partial charge on any atom is 0.237 e. The SMILES string of the molecule is O=C(CN1CCC[C@H]1c1ccc2c(c1)OCCO2)N1CCC[C@@H]1c1ccc2c(c1)OCCCO2. The Morgan fingerprint density at radius 3 is 2.06 bits per heavy atom. The van der Waals surface area contributed by atoms with Gasteiger partial charge in [-0.3, -0.25) is 9.69 Å². The summed E-state index contributed by atoms with van der Waals surface area (Å²) in [7, 11) is 0. The Morgan fingerprint density at radius 2 is 1.29 bits per heavy atom. The van der Waals surface area contributed by atoms with E-state index in [9.17, 15) is 4.79 Å². The van der Waals surface area contributed by atoms with Gasteiger partial charge in [0.15, 0.2) is 23.0 Å². The zero-order chi connectivity index (χ0) is 22.9. The van der Waals surface area contributed by atoms with E-state index in [4.69, 9.17) is 18.9 Å². The van der Waals surface area contributed by atoms with Gasteiger partial charge in [0, 0.05) is 19.0 Å². The summed E-state index contributed by atoms with van der Waals surface area (Å²) in [6.45, 7) is 4.71. The van der Waals surface area contributed by atoms with Gasteiger partial charge in [-0.1, -0.05) is 12.1 Å². The van der Waals surface area contributed by atoms with Crippen LogP contribution >= 0.6 is 0 Å². The number of rotatable bonds is 4. The van der Waals surface area contributed by atoms with E-state index in [-0.39, 0.29) is 18.0 Å². The van der Waals surface area contributed by atoms with Crippen molar-refractivity contribution in [3.8, 4) is 23.0 Å². The van der Waals surface area contributed by atoms with Crippen molar-refractivity contribution in [2.45, 2.75) is 44.2 Å². The van der Waals surface area contributed by atoms with Crippen LogP contribution < -0.4 is 18.9 Å². The molecule has 7 heteroatoms. The molecule has 0 N–H and O–H groups in total. The molecule has 0 unspecified atom stereocenters. The molecule has 0 saturated carbocycles. The molecule has 34 heavy (non-hydrogen) atoms. The van der Waals surface area contributed by atoms with Crippen molar-refractivity contribution in [1.82, 2.24) is 9.80 Å². The minimum Gasteiger partial charge on any atom is -0.490 e. The van der Waals surface area contributed by atoms with Crippen LogP contribution in [0.25, 0.3) is 0 Å². The summed E-state index contributed by atoms with van der Waals surface area (Å²) in [5, 5.41) is 0. The van der Waals surface area contributed by atoms with E-state index < -0.39 is 0 Å². The van der Waals surface area contributed by atoms with E-state index >= 15 is 0 Å². The lowest BCUT2D eigenvalue weighted by Gasteiger charge is -2.30. The first-order chi connectivity index (χ1) is 16.8. The van der Waals surface area contributed by atoms with Crippen LogP contribution in [0.2, 0.25) is 0 Å². The number of likely N-dealkylation sites (tertiary alicyclic amines) is 2. The second-order valence-electron chi connectivity index (χ2n) is 9.53. The number of amides is 1. The van der Waals surface area contributed by atoms with E-state index in [2.05, 4.69) is 34.1 Å². The first kappa shape index (κ1) is 21.6. The van der Waals surface area contributed by atoms with Crippen molar-refractivity contribution in [2.24, 2.45) is 0 Å². The normalized spacial score (nSPS) is 24.2. The Bertz CT molecular complexity index is 1060. The van der Waals surface area contributed by atoms with Crippen molar-refractivity contribution in [3.63, 3.8) is 0 Å². The van der Waals surface area contributed by atoms with Crippen LogP contribution in [0.15, 0.2) is 36.4 Å². The highest BCUT2D eigenvalue weighted by Gasteiger charge is 2.34. The fraction of sp³-hybridized carbons (Fsp3) is 0.519. The molecule has 2 aromatic carbocycles. The molecule has 0 aliphatic carbocycles. The van der Waals surface area contributed by atoms with E-state index in [1.807, 2.05) is 12.1 Å². The van der Waals surface area contributed by atoms with E-state index in [0.717, 1.165) is 73.8 Å². The standard InChI is InChI=1S/C27H32N2O5/c30-27(18-28-10-1-4-21(28)19-6-8-24-26(16-19)34-15-14-33-24)29-11-2-5-22(29)20-7-9-23-25(17-20)32-13-3-12-31-23/h6-9,16-17,21-22H,1-5,10-15,18H2/t21-,22+/m0/s1.